The summed E-state index contributed by atoms with van der Waals surface area (Å²) in [5, 5.41) is 1.22. The van der Waals surface area contributed by atoms with Gasteiger partial charge in [0.25, 0.3) is 11.8 Å². The molecule has 0 spiro atoms. The van der Waals surface area contributed by atoms with Crippen LogP contribution in [0.1, 0.15) is 22.6 Å². The maximum absolute atomic E-state index is 12.2. The Bertz CT molecular complexity index is 937. The van der Waals surface area contributed by atoms with Crippen molar-refractivity contribution < 1.29 is 9.59 Å². The molecule has 1 atom stereocenters. The number of amides is 2. The molecule has 2 aromatic carbocycles. The van der Waals surface area contributed by atoms with Crippen LogP contribution in [0.25, 0.3) is 0 Å². The van der Waals surface area contributed by atoms with Crippen molar-refractivity contribution in [2.75, 3.05) is 18.5 Å². The molecule has 132 valence electrons. The van der Waals surface area contributed by atoms with Gasteiger partial charge in [-0.3, -0.25) is 9.59 Å². The SMILES string of the molecule is CN1Cc2c(Cl)cc(Cl)cc2C(c2ccccc2N2C(=O)C=CC2=O)C1. The van der Waals surface area contributed by atoms with Crippen LogP contribution in [0.5, 0.6) is 0 Å². The maximum atomic E-state index is 12.2. The number of imide groups is 1. The summed E-state index contributed by atoms with van der Waals surface area (Å²) in [7, 11) is 2.03. The van der Waals surface area contributed by atoms with E-state index in [0.717, 1.165) is 29.8 Å². The third-order valence-corrected chi connectivity index (χ3v) is 5.41. The third kappa shape index (κ3) is 2.84. The van der Waals surface area contributed by atoms with Gasteiger partial charge in [0.15, 0.2) is 0 Å². The molecule has 0 aliphatic carbocycles. The normalized spacial score (nSPS) is 20.0. The highest BCUT2D eigenvalue weighted by atomic mass is 35.5. The number of hydrogen-bond acceptors (Lipinski definition) is 3. The summed E-state index contributed by atoms with van der Waals surface area (Å²) in [5.74, 6) is -0.690. The van der Waals surface area contributed by atoms with Crippen molar-refractivity contribution in [3.63, 3.8) is 0 Å². The fourth-order valence-corrected chi connectivity index (χ4v) is 4.30. The van der Waals surface area contributed by atoms with E-state index in [2.05, 4.69) is 4.90 Å². The molecule has 4 nitrogen and oxygen atoms in total. The first-order chi connectivity index (χ1) is 12.5. The average Bonchev–Trinajstić information content (AvgIpc) is 2.93. The van der Waals surface area contributed by atoms with Gasteiger partial charge < -0.3 is 4.90 Å². The highest BCUT2D eigenvalue weighted by Gasteiger charge is 2.33. The number of carbonyl (C=O) groups excluding carboxylic acids is 2. The first-order valence-corrected chi connectivity index (χ1v) is 9.02. The number of benzene rings is 2. The Kier molecular flexibility index (Phi) is 4.35. The highest BCUT2D eigenvalue weighted by Crippen LogP contribution is 2.41. The number of fused-ring (bicyclic) bond motifs is 1. The fraction of sp³-hybridized carbons (Fsp3) is 0.200. The quantitative estimate of drug-likeness (QED) is 0.732. The second kappa shape index (κ2) is 6.54. The summed E-state index contributed by atoms with van der Waals surface area (Å²) < 4.78 is 0. The Labute approximate surface area is 161 Å². The number of halogens is 2. The lowest BCUT2D eigenvalue weighted by Gasteiger charge is -2.35. The van der Waals surface area contributed by atoms with E-state index >= 15 is 0 Å². The van der Waals surface area contributed by atoms with Crippen LogP contribution < -0.4 is 4.90 Å². The summed E-state index contributed by atoms with van der Waals surface area (Å²) >= 11 is 12.7. The van der Waals surface area contributed by atoms with E-state index in [1.54, 1.807) is 12.1 Å². The Morgan fingerprint density at radius 1 is 1.00 bits per heavy atom. The monoisotopic (exact) mass is 386 g/mol. The molecule has 2 aliphatic heterocycles. The van der Waals surface area contributed by atoms with Crippen LogP contribution in [-0.4, -0.2) is 30.3 Å². The lowest BCUT2D eigenvalue weighted by Crippen LogP contribution is -2.34. The zero-order valence-electron chi connectivity index (χ0n) is 14.1. The number of carbonyl (C=O) groups is 2. The molecule has 0 radical (unpaired) electrons. The van der Waals surface area contributed by atoms with E-state index in [0.29, 0.717) is 15.7 Å². The molecule has 4 rings (SSSR count). The molecule has 2 amide bonds. The average molecular weight is 387 g/mol. The molecular formula is C20H16Cl2N2O2. The van der Waals surface area contributed by atoms with Gasteiger partial charge in [-0.1, -0.05) is 41.4 Å². The minimum absolute atomic E-state index is 0.0441. The van der Waals surface area contributed by atoms with Crippen LogP contribution in [0.3, 0.4) is 0 Å². The topological polar surface area (TPSA) is 40.6 Å². The predicted molar refractivity (Wildman–Crippen MR) is 103 cm³/mol. The van der Waals surface area contributed by atoms with Gasteiger partial charge >= 0.3 is 0 Å². The van der Waals surface area contributed by atoms with Crippen molar-refractivity contribution in [1.82, 2.24) is 4.90 Å². The molecule has 0 saturated carbocycles. The molecule has 26 heavy (non-hydrogen) atoms. The van der Waals surface area contributed by atoms with E-state index in [4.69, 9.17) is 23.2 Å². The summed E-state index contributed by atoms with van der Waals surface area (Å²) in [6, 6.07) is 11.2. The van der Waals surface area contributed by atoms with Crippen LogP contribution >= 0.6 is 23.2 Å². The molecule has 2 aromatic rings. The number of rotatable bonds is 2. The molecule has 2 heterocycles. The predicted octanol–water partition coefficient (Wildman–Crippen LogP) is 4.00. The van der Waals surface area contributed by atoms with Crippen LogP contribution in [-0.2, 0) is 16.1 Å². The summed E-state index contributed by atoms with van der Waals surface area (Å²) in [5.41, 5.74) is 3.58. The Morgan fingerprint density at radius 3 is 2.42 bits per heavy atom. The number of hydrogen-bond donors (Lipinski definition) is 0. The minimum Gasteiger partial charge on any atom is -0.301 e. The van der Waals surface area contributed by atoms with Crippen molar-refractivity contribution in [2.45, 2.75) is 12.5 Å². The van der Waals surface area contributed by atoms with E-state index in [-0.39, 0.29) is 17.7 Å². The summed E-state index contributed by atoms with van der Waals surface area (Å²) in [6.45, 7) is 1.47. The summed E-state index contributed by atoms with van der Waals surface area (Å²) in [4.78, 5) is 27.8. The van der Waals surface area contributed by atoms with Crippen molar-refractivity contribution in [2.24, 2.45) is 0 Å². The second-order valence-corrected chi connectivity index (χ2v) is 7.45. The Morgan fingerprint density at radius 2 is 1.69 bits per heavy atom. The molecule has 1 unspecified atom stereocenters. The molecule has 6 heteroatoms. The van der Waals surface area contributed by atoms with Gasteiger partial charge in [-0.15, -0.1) is 0 Å². The minimum atomic E-state index is -0.323. The van der Waals surface area contributed by atoms with Gasteiger partial charge in [0.1, 0.15) is 0 Å². The third-order valence-electron chi connectivity index (χ3n) is 4.85. The lowest BCUT2D eigenvalue weighted by atomic mass is 9.83. The van der Waals surface area contributed by atoms with Gasteiger partial charge in [-0.05, 0) is 41.9 Å². The molecule has 0 saturated heterocycles. The fourth-order valence-electron chi connectivity index (χ4n) is 3.74. The van der Waals surface area contributed by atoms with Crippen molar-refractivity contribution >= 4 is 40.7 Å². The highest BCUT2D eigenvalue weighted by molar-refractivity contribution is 6.35. The molecule has 0 aromatic heterocycles. The number of nitrogens with zero attached hydrogens (tertiary/aromatic N) is 2. The Balaban J connectivity index is 1.88. The smallest absolute Gasteiger partial charge is 0.258 e. The lowest BCUT2D eigenvalue weighted by molar-refractivity contribution is -0.120. The first-order valence-electron chi connectivity index (χ1n) is 8.27. The van der Waals surface area contributed by atoms with Gasteiger partial charge in [-0.2, -0.15) is 0 Å². The Hall–Kier alpha value is -2.14. The molecular weight excluding hydrogens is 371 g/mol. The van der Waals surface area contributed by atoms with Crippen molar-refractivity contribution in [3.8, 4) is 0 Å². The summed E-state index contributed by atoms with van der Waals surface area (Å²) in [6.07, 6.45) is 2.60. The molecule has 0 fully saturated rings. The zero-order valence-corrected chi connectivity index (χ0v) is 15.6. The zero-order chi connectivity index (χ0) is 18.4. The van der Waals surface area contributed by atoms with Crippen LogP contribution in [0.15, 0.2) is 48.6 Å². The van der Waals surface area contributed by atoms with Gasteiger partial charge in [0.2, 0.25) is 0 Å². The van der Waals surface area contributed by atoms with Crippen molar-refractivity contribution in [3.05, 3.63) is 75.3 Å². The number of para-hydroxylation sites is 1. The van der Waals surface area contributed by atoms with E-state index in [1.807, 2.05) is 31.3 Å². The van der Waals surface area contributed by atoms with E-state index in [1.165, 1.54) is 17.1 Å². The molecule has 0 bridgehead atoms. The van der Waals surface area contributed by atoms with Crippen LogP contribution in [0.2, 0.25) is 10.0 Å². The standard InChI is InChI=1S/C20H16Cl2N2O2/c1-23-10-15(14-8-12(21)9-17(22)16(14)11-23)13-4-2-3-5-18(13)24-19(25)6-7-20(24)26/h2-9,15H,10-11H2,1H3. The molecule has 2 aliphatic rings. The van der Waals surface area contributed by atoms with Crippen molar-refractivity contribution in [1.29, 1.82) is 0 Å². The van der Waals surface area contributed by atoms with E-state index in [9.17, 15) is 9.59 Å². The van der Waals surface area contributed by atoms with Gasteiger partial charge in [-0.25, -0.2) is 4.90 Å². The van der Waals surface area contributed by atoms with Gasteiger partial charge in [0.05, 0.1) is 5.69 Å². The van der Waals surface area contributed by atoms with Gasteiger partial charge in [0, 0.05) is 41.2 Å². The number of likely N-dealkylation sites (N-methyl/N-ethyl adjacent to an activating group) is 1. The molecule has 0 N–H and O–H groups in total. The number of anilines is 1. The van der Waals surface area contributed by atoms with E-state index < -0.39 is 0 Å². The first kappa shape index (κ1) is 17.3. The largest absolute Gasteiger partial charge is 0.301 e. The van der Waals surface area contributed by atoms with Crippen LogP contribution in [0.4, 0.5) is 5.69 Å². The second-order valence-electron chi connectivity index (χ2n) is 6.61. The maximum Gasteiger partial charge on any atom is 0.258 e. The van der Waals surface area contributed by atoms with Crippen LogP contribution in [0, 0.1) is 0 Å².